The maximum Gasteiger partial charge on any atom is 0.280 e. The average molecular weight is 290 g/mol. The molecule has 1 aromatic rings. The van der Waals surface area contributed by atoms with Crippen molar-refractivity contribution in [3.63, 3.8) is 0 Å². The van der Waals surface area contributed by atoms with Crippen LogP contribution in [-0.4, -0.2) is 18.4 Å². The number of ether oxygens (including phenoxy) is 1. The van der Waals surface area contributed by atoms with Gasteiger partial charge in [0.1, 0.15) is 13.3 Å². The van der Waals surface area contributed by atoms with Crippen LogP contribution in [0.4, 0.5) is 0 Å². The molecule has 2 nitrogen and oxygen atoms in total. The first-order chi connectivity index (χ1) is 9.40. The van der Waals surface area contributed by atoms with E-state index in [0.717, 1.165) is 31.3 Å². The van der Waals surface area contributed by atoms with Gasteiger partial charge in [0.05, 0.1) is 5.57 Å². The highest BCUT2D eigenvalue weighted by Gasteiger charge is 2.56. The van der Waals surface area contributed by atoms with Crippen LogP contribution in [0, 0.1) is 0 Å². The molecular formula is C17H26O2Si. The van der Waals surface area contributed by atoms with Crippen molar-refractivity contribution in [3.05, 3.63) is 47.4 Å². The summed E-state index contributed by atoms with van der Waals surface area (Å²) in [6.45, 7) is 9.17. The zero-order valence-electron chi connectivity index (χ0n) is 13.1. The van der Waals surface area contributed by atoms with Crippen LogP contribution in [0.3, 0.4) is 0 Å². The SMILES string of the molecule is CCCCC1=C(O)OC1(Cc1ccccc1)[Si](C)(C)C. The normalized spacial score (nSPS) is 22.4. The van der Waals surface area contributed by atoms with Gasteiger partial charge in [0.25, 0.3) is 5.95 Å². The van der Waals surface area contributed by atoms with E-state index in [0.29, 0.717) is 0 Å². The molecule has 1 aromatic carbocycles. The van der Waals surface area contributed by atoms with E-state index >= 15 is 0 Å². The lowest BCUT2D eigenvalue weighted by molar-refractivity contribution is -0.0460. The standard InChI is InChI=1S/C17H26O2Si/c1-5-6-12-15-16(18)19-17(15,20(2,3)4)13-14-10-8-7-9-11-14/h7-11,18H,5-6,12-13H2,1-4H3. The van der Waals surface area contributed by atoms with Crippen LogP contribution in [-0.2, 0) is 11.2 Å². The fraction of sp³-hybridized carbons (Fsp3) is 0.529. The molecule has 110 valence electrons. The molecule has 3 heteroatoms. The Morgan fingerprint density at radius 1 is 1.15 bits per heavy atom. The van der Waals surface area contributed by atoms with Crippen molar-refractivity contribution in [3.8, 4) is 0 Å². The number of aliphatic hydroxyl groups excluding tert-OH is 1. The van der Waals surface area contributed by atoms with Crippen molar-refractivity contribution in [2.45, 2.75) is 57.5 Å². The summed E-state index contributed by atoms with van der Waals surface area (Å²) < 4.78 is 5.90. The van der Waals surface area contributed by atoms with Gasteiger partial charge in [-0.05, 0) is 18.4 Å². The van der Waals surface area contributed by atoms with Gasteiger partial charge in [0.2, 0.25) is 0 Å². The maximum atomic E-state index is 9.99. The molecule has 2 rings (SSSR count). The summed E-state index contributed by atoms with van der Waals surface area (Å²) in [6.07, 6.45) is 4.10. The third-order valence-corrected chi connectivity index (χ3v) is 7.31. The van der Waals surface area contributed by atoms with E-state index in [4.69, 9.17) is 4.74 Å². The Kier molecular flexibility index (Phi) is 4.28. The molecule has 0 saturated heterocycles. The zero-order chi connectivity index (χ0) is 14.8. The van der Waals surface area contributed by atoms with Crippen LogP contribution in [0.1, 0.15) is 31.7 Å². The summed E-state index contributed by atoms with van der Waals surface area (Å²) in [7, 11) is -1.60. The van der Waals surface area contributed by atoms with E-state index in [2.05, 4.69) is 50.8 Å². The molecular weight excluding hydrogens is 264 g/mol. The molecule has 1 aliphatic heterocycles. The maximum absolute atomic E-state index is 9.99. The van der Waals surface area contributed by atoms with Crippen molar-refractivity contribution >= 4 is 8.07 Å². The van der Waals surface area contributed by atoms with E-state index in [1.54, 1.807) is 0 Å². The van der Waals surface area contributed by atoms with Crippen molar-refractivity contribution < 1.29 is 9.84 Å². The molecule has 0 spiro atoms. The van der Waals surface area contributed by atoms with Gasteiger partial charge < -0.3 is 9.84 Å². The first-order valence-corrected chi connectivity index (χ1v) is 11.1. The van der Waals surface area contributed by atoms with Crippen LogP contribution in [0.2, 0.25) is 19.6 Å². The van der Waals surface area contributed by atoms with Crippen molar-refractivity contribution in [1.82, 2.24) is 0 Å². The minimum atomic E-state index is -1.60. The number of benzene rings is 1. The van der Waals surface area contributed by atoms with Crippen LogP contribution >= 0.6 is 0 Å². The highest BCUT2D eigenvalue weighted by Crippen LogP contribution is 2.47. The third-order valence-electron chi connectivity index (χ3n) is 4.30. The highest BCUT2D eigenvalue weighted by atomic mass is 28.3. The lowest BCUT2D eigenvalue weighted by Crippen LogP contribution is -2.62. The lowest BCUT2D eigenvalue weighted by atomic mass is 9.93. The molecule has 0 bridgehead atoms. The Labute approximate surface area is 123 Å². The van der Waals surface area contributed by atoms with Crippen molar-refractivity contribution in [2.75, 3.05) is 0 Å². The van der Waals surface area contributed by atoms with Gasteiger partial charge in [-0.15, -0.1) is 0 Å². The topological polar surface area (TPSA) is 29.5 Å². The molecule has 0 aliphatic carbocycles. The predicted octanol–water partition coefficient (Wildman–Crippen LogP) is 4.84. The van der Waals surface area contributed by atoms with Gasteiger partial charge in [0.15, 0.2) is 0 Å². The number of aliphatic hydroxyl groups is 1. The number of hydrogen-bond donors (Lipinski definition) is 1. The van der Waals surface area contributed by atoms with E-state index in [1.165, 1.54) is 5.56 Å². The summed E-state index contributed by atoms with van der Waals surface area (Å²) in [5, 5.41) is 9.76. The van der Waals surface area contributed by atoms with E-state index in [1.807, 2.05) is 6.07 Å². The van der Waals surface area contributed by atoms with Crippen LogP contribution < -0.4 is 0 Å². The fourth-order valence-corrected chi connectivity index (χ4v) is 5.25. The highest BCUT2D eigenvalue weighted by molar-refractivity contribution is 6.80. The summed E-state index contributed by atoms with van der Waals surface area (Å²) >= 11 is 0. The van der Waals surface area contributed by atoms with Gasteiger partial charge in [-0.2, -0.15) is 0 Å². The smallest absolute Gasteiger partial charge is 0.280 e. The summed E-state index contributed by atoms with van der Waals surface area (Å²) in [6, 6.07) is 10.5. The Morgan fingerprint density at radius 2 is 1.80 bits per heavy atom. The Bertz CT molecular complexity index is 487. The van der Waals surface area contributed by atoms with Crippen molar-refractivity contribution in [2.24, 2.45) is 0 Å². The van der Waals surface area contributed by atoms with Gasteiger partial charge in [-0.3, -0.25) is 0 Å². The summed E-state index contributed by atoms with van der Waals surface area (Å²) in [5.41, 5.74) is 2.44. The van der Waals surface area contributed by atoms with Crippen LogP contribution in [0.25, 0.3) is 0 Å². The van der Waals surface area contributed by atoms with E-state index in [-0.39, 0.29) is 11.2 Å². The third kappa shape index (κ3) is 2.64. The second kappa shape index (κ2) is 5.64. The lowest BCUT2D eigenvalue weighted by Gasteiger charge is -2.51. The monoisotopic (exact) mass is 290 g/mol. The number of unbranched alkanes of at least 4 members (excludes halogenated alkanes) is 1. The molecule has 20 heavy (non-hydrogen) atoms. The Balaban J connectivity index is 2.30. The largest absolute Gasteiger partial charge is 0.481 e. The quantitative estimate of drug-likeness (QED) is 0.760. The minimum Gasteiger partial charge on any atom is -0.481 e. The molecule has 1 aliphatic rings. The van der Waals surface area contributed by atoms with Gasteiger partial charge in [0, 0.05) is 6.42 Å². The predicted molar refractivity (Wildman–Crippen MR) is 86.5 cm³/mol. The first-order valence-electron chi connectivity index (χ1n) is 7.56. The van der Waals surface area contributed by atoms with E-state index in [9.17, 15) is 5.11 Å². The molecule has 0 radical (unpaired) electrons. The first kappa shape index (κ1) is 15.2. The van der Waals surface area contributed by atoms with Crippen molar-refractivity contribution in [1.29, 1.82) is 0 Å². The molecule has 0 saturated carbocycles. The van der Waals surface area contributed by atoms with Gasteiger partial charge in [-0.25, -0.2) is 0 Å². The Morgan fingerprint density at radius 3 is 2.30 bits per heavy atom. The van der Waals surface area contributed by atoms with Crippen LogP contribution in [0.15, 0.2) is 41.9 Å². The van der Waals surface area contributed by atoms with E-state index < -0.39 is 8.07 Å². The van der Waals surface area contributed by atoms with Crippen LogP contribution in [0.5, 0.6) is 0 Å². The zero-order valence-corrected chi connectivity index (χ0v) is 14.1. The average Bonchev–Trinajstić information content (AvgIpc) is 2.38. The molecule has 0 aromatic heterocycles. The van der Waals surface area contributed by atoms with Gasteiger partial charge >= 0.3 is 0 Å². The summed E-state index contributed by atoms with van der Waals surface area (Å²) in [4.78, 5) is 0. The van der Waals surface area contributed by atoms with Gasteiger partial charge in [-0.1, -0.05) is 63.3 Å². The molecule has 0 amide bonds. The minimum absolute atomic E-state index is 0.191. The Hall–Kier alpha value is -1.22. The molecule has 0 fully saturated rings. The fourth-order valence-electron chi connectivity index (χ4n) is 2.97. The molecule has 1 atom stereocenters. The second-order valence-corrected chi connectivity index (χ2v) is 12.0. The molecule has 1 heterocycles. The second-order valence-electron chi connectivity index (χ2n) is 6.73. The summed E-state index contributed by atoms with van der Waals surface area (Å²) in [5.74, 6) is 0.191. The number of hydrogen-bond acceptors (Lipinski definition) is 2. The number of rotatable bonds is 6. The molecule has 1 unspecified atom stereocenters. The molecule has 1 N–H and O–H groups in total.